The van der Waals surface area contributed by atoms with E-state index in [4.69, 9.17) is 4.74 Å². The van der Waals surface area contributed by atoms with Crippen LogP contribution in [0.1, 0.15) is 52.2 Å². The summed E-state index contributed by atoms with van der Waals surface area (Å²) in [5, 5.41) is 2.85. The van der Waals surface area contributed by atoms with Crippen molar-refractivity contribution in [3.05, 3.63) is 89.0 Å². The van der Waals surface area contributed by atoms with Crippen molar-refractivity contribution in [2.45, 2.75) is 39.0 Å². The first-order chi connectivity index (χ1) is 16.5. The molecule has 0 bridgehead atoms. The molecule has 1 saturated heterocycles. The molecule has 2 amide bonds. The lowest BCUT2D eigenvalue weighted by molar-refractivity contribution is -0.115. The number of carbonyl (C=O) groups is 2. The van der Waals surface area contributed by atoms with Gasteiger partial charge in [0, 0.05) is 16.9 Å². The van der Waals surface area contributed by atoms with Crippen molar-refractivity contribution in [2.24, 2.45) is 0 Å². The maximum absolute atomic E-state index is 12.8. The Kier molecular flexibility index (Phi) is 7.58. The van der Waals surface area contributed by atoms with Crippen LogP contribution in [0.25, 0.3) is 0 Å². The van der Waals surface area contributed by atoms with E-state index in [0.29, 0.717) is 23.6 Å². The number of rotatable bonds is 8. The standard InChI is InChI=1S/C28H30N2O3S/c1-4-5-15-33-24-12-10-21(11-13-24)27(32)29-23-8-6-7-22(17-23)28-30(26(31)18-34-28)25-14-9-19(2)16-20(25)3/h6-14,16-17,28H,4-5,15,18H2,1-3H3,(H,29,32)/t28-/m0/s1. The van der Waals surface area contributed by atoms with Gasteiger partial charge in [-0.15, -0.1) is 11.8 Å². The van der Waals surface area contributed by atoms with E-state index in [1.165, 1.54) is 5.56 Å². The molecule has 3 aromatic rings. The minimum absolute atomic E-state index is 0.0950. The van der Waals surface area contributed by atoms with Crippen LogP contribution in [0.15, 0.2) is 66.7 Å². The van der Waals surface area contributed by atoms with Crippen molar-refractivity contribution in [1.82, 2.24) is 0 Å². The van der Waals surface area contributed by atoms with Gasteiger partial charge in [-0.2, -0.15) is 0 Å². The molecular formula is C28H30N2O3S. The molecule has 176 valence electrons. The molecule has 0 aromatic heterocycles. The summed E-state index contributed by atoms with van der Waals surface area (Å²) >= 11 is 1.60. The van der Waals surface area contributed by atoms with E-state index in [1.807, 2.05) is 67.3 Å². The number of amides is 2. The number of ether oxygens (including phenoxy) is 1. The summed E-state index contributed by atoms with van der Waals surface area (Å²) in [5.41, 5.74) is 5.42. The Morgan fingerprint density at radius 2 is 1.88 bits per heavy atom. The van der Waals surface area contributed by atoms with Gasteiger partial charge in [0.2, 0.25) is 5.91 Å². The summed E-state index contributed by atoms with van der Waals surface area (Å²) in [6.45, 7) is 6.88. The minimum Gasteiger partial charge on any atom is -0.494 e. The molecule has 1 N–H and O–H groups in total. The Balaban J connectivity index is 1.49. The predicted octanol–water partition coefficient (Wildman–Crippen LogP) is 6.51. The highest BCUT2D eigenvalue weighted by Crippen LogP contribution is 2.43. The number of nitrogens with one attached hydrogen (secondary N) is 1. The maximum atomic E-state index is 12.8. The predicted molar refractivity (Wildman–Crippen MR) is 140 cm³/mol. The topological polar surface area (TPSA) is 58.6 Å². The Hall–Kier alpha value is -3.25. The number of hydrogen-bond acceptors (Lipinski definition) is 4. The van der Waals surface area contributed by atoms with Crippen LogP contribution in [0, 0.1) is 13.8 Å². The number of hydrogen-bond donors (Lipinski definition) is 1. The van der Waals surface area contributed by atoms with E-state index in [1.54, 1.807) is 23.9 Å². The fraction of sp³-hybridized carbons (Fsp3) is 0.286. The van der Waals surface area contributed by atoms with E-state index >= 15 is 0 Å². The van der Waals surface area contributed by atoms with Gasteiger partial charge in [-0.3, -0.25) is 14.5 Å². The number of aryl methyl sites for hydroxylation is 2. The number of carbonyl (C=O) groups excluding carboxylic acids is 2. The molecule has 1 fully saturated rings. The SMILES string of the molecule is CCCCOc1ccc(C(=O)Nc2cccc([C@@H]3SCC(=O)N3c3ccc(C)cc3C)c2)cc1. The smallest absolute Gasteiger partial charge is 0.255 e. The molecule has 1 aliphatic rings. The van der Waals surface area contributed by atoms with Crippen LogP contribution >= 0.6 is 11.8 Å². The third kappa shape index (κ3) is 5.45. The summed E-state index contributed by atoms with van der Waals surface area (Å²) in [6.07, 6.45) is 2.08. The van der Waals surface area contributed by atoms with E-state index in [2.05, 4.69) is 18.3 Å². The van der Waals surface area contributed by atoms with Crippen LogP contribution in [0.3, 0.4) is 0 Å². The van der Waals surface area contributed by atoms with E-state index in [-0.39, 0.29) is 17.2 Å². The molecule has 34 heavy (non-hydrogen) atoms. The zero-order valence-corrected chi connectivity index (χ0v) is 20.7. The summed E-state index contributed by atoms with van der Waals surface area (Å²) < 4.78 is 5.68. The van der Waals surface area contributed by atoms with Crippen molar-refractivity contribution >= 4 is 35.0 Å². The molecule has 0 aliphatic carbocycles. The average molecular weight is 475 g/mol. The average Bonchev–Trinajstić information content (AvgIpc) is 3.21. The van der Waals surface area contributed by atoms with Crippen LogP contribution in [0.2, 0.25) is 0 Å². The molecule has 3 aromatic carbocycles. The molecule has 4 rings (SSSR count). The van der Waals surface area contributed by atoms with Gasteiger partial charge in [-0.1, -0.05) is 43.2 Å². The maximum Gasteiger partial charge on any atom is 0.255 e. The second kappa shape index (κ2) is 10.8. The van der Waals surface area contributed by atoms with Crippen molar-refractivity contribution in [3.63, 3.8) is 0 Å². The van der Waals surface area contributed by atoms with Crippen LogP contribution in [-0.2, 0) is 4.79 Å². The Bertz CT molecular complexity index is 1180. The highest BCUT2D eigenvalue weighted by atomic mass is 32.2. The number of anilines is 2. The number of nitrogens with zero attached hydrogens (tertiary/aromatic N) is 1. The van der Waals surface area contributed by atoms with Crippen LogP contribution in [-0.4, -0.2) is 24.2 Å². The van der Waals surface area contributed by atoms with Crippen molar-refractivity contribution in [1.29, 1.82) is 0 Å². The second-order valence-corrected chi connectivity index (χ2v) is 9.59. The minimum atomic E-state index is -0.182. The third-order valence-electron chi connectivity index (χ3n) is 5.79. The van der Waals surface area contributed by atoms with Gasteiger partial charge in [0.25, 0.3) is 5.91 Å². The van der Waals surface area contributed by atoms with Gasteiger partial charge < -0.3 is 10.1 Å². The summed E-state index contributed by atoms with van der Waals surface area (Å²) in [6, 6.07) is 21.1. The summed E-state index contributed by atoms with van der Waals surface area (Å²) in [4.78, 5) is 27.5. The zero-order chi connectivity index (χ0) is 24.1. The first-order valence-corrected chi connectivity index (χ1v) is 12.7. The summed E-state index contributed by atoms with van der Waals surface area (Å²) in [7, 11) is 0. The van der Waals surface area contributed by atoms with Gasteiger partial charge >= 0.3 is 0 Å². The quantitative estimate of drug-likeness (QED) is 0.378. The Labute approximate surface area is 205 Å². The second-order valence-electron chi connectivity index (χ2n) is 8.52. The molecule has 0 radical (unpaired) electrons. The zero-order valence-electron chi connectivity index (χ0n) is 19.8. The van der Waals surface area contributed by atoms with E-state index < -0.39 is 0 Å². The van der Waals surface area contributed by atoms with Crippen LogP contribution in [0.4, 0.5) is 11.4 Å². The third-order valence-corrected chi connectivity index (χ3v) is 7.00. The lowest BCUT2D eigenvalue weighted by Gasteiger charge is -2.26. The van der Waals surface area contributed by atoms with Crippen LogP contribution < -0.4 is 15.0 Å². The first-order valence-electron chi connectivity index (χ1n) is 11.6. The van der Waals surface area contributed by atoms with Gasteiger partial charge in [-0.25, -0.2) is 0 Å². The van der Waals surface area contributed by atoms with Gasteiger partial charge in [0.1, 0.15) is 11.1 Å². The fourth-order valence-electron chi connectivity index (χ4n) is 4.02. The van der Waals surface area contributed by atoms with Gasteiger partial charge in [0.15, 0.2) is 0 Å². The van der Waals surface area contributed by atoms with Crippen molar-refractivity contribution in [3.8, 4) is 5.75 Å². The van der Waals surface area contributed by atoms with E-state index in [9.17, 15) is 9.59 Å². The lowest BCUT2D eigenvalue weighted by atomic mass is 10.1. The molecular weight excluding hydrogens is 444 g/mol. The highest BCUT2D eigenvalue weighted by molar-refractivity contribution is 8.00. The fourth-order valence-corrected chi connectivity index (χ4v) is 5.18. The highest BCUT2D eigenvalue weighted by Gasteiger charge is 2.34. The van der Waals surface area contributed by atoms with Crippen LogP contribution in [0.5, 0.6) is 5.75 Å². The Morgan fingerprint density at radius 3 is 2.62 bits per heavy atom. The van der Waals surface area contributed by atoms with Gasteiger partial charge in [0.05, 0.1) is 12.4 Å². The molecule has 0 saturated carbocycles. The molecule has 6 heteroatoms. The number of thioether (sulfide) groups is 1. The molecule has 0 unspecified atom stereocenters. The molecule has 1 aliphatic heterocycles. The van der Waals surface area contributed by atoms with Crippen molar-refractivity contribution < 1.29 is 14.3 Å². The number of benzene rings is 3. The lowest BCUT2D eigenvalue weighted by Crippen LogP contribution is -2.28. The molecule has 1 atom stereocenters. The van der Waals surface area contributed by atoms with E-state index in [0.717, 1.165) is 35.4 Å². The number of unbranched alkanes of at least 4 members (excludes halogenated alkanes) is 1. The summed E-state index contributed by atoms with van der Waals surface area (Å²) in [5.74, 6) is 1.11. The normalized spacial score (nSPS) is 15.4. The Morgan fingerprint density at radius 1 is 1.09 bits per heavy atom. The first kappa shape index (κ1) is 23.9. The monoisotopic (exact) mass is 474 g/mol. The molecule has 0 spiro atoms. The van der Waals surface area contributed by atoms with Crippen molar-refractivity contribution in [2.75, 3.05) is 22.6 Å². The molecule has 1 heterocycles. The molecule has 5 nitrogen and oxygen atoms in total. The largest absolute Gasteiger partial charge is 0.494 e. The van der Waals surface area contributed by atoms with Gasteiger partial charge in [-0.05, 0) is 73.9 Å².